The highest BCUT2D eigenvalue weighted by atomic mass is 79.9. The first-order valence-corrected chi connectivity index (χ1v) is 5.47. The quantitative estimate of drug-likeness (QED) is 0.899. The Morgan fingerprint density at radius 3 is 3.14 bits per heavy atom. The zero-order valence-corrected chi connectivity index (χ0v) is 9.47. The van der Waals surface area contributed by atoms with E-state index in [1.807, 2.05) is 0 Å². The number of nitrogens with zero attached hydrogens (tertiary/aromatic N) is 2. The number of hydrogen-bond donors (Lipinski definition) is 1. The summed E-state index contributed by atoms with van der Waals surface area (Å²) in [7, 11) is 0. The molecule has 0 atom stereocenters. The van der Waals surface area contributed by atoms with Crippen LogP contribution >= 0.6 is 15.9 Å². The summed E-state index contributed by atoms with van der Waals surface area (Å²) in [6, 6.07) is 2.09. The number of fused-ring (bicyclic) bond motifs is 1. The summed E-state index contributed by atoms with van der Waals surface area (Å²) in [4.78, 5) is 0. The molecule has 0 unspecified atom stereocenters. The molecule has 1 aliphatic rings. The van der Waals surface area contributed by atoms with Gasteiger partial charge in [-0.2, -0.15) is 5.10 Å². The Morgan fingerprint density at radius 1 is 1.50 bits per heavy atom. The van der Waals surface area contributed by atoms with Crippen molar-refractivity contribution in [3.63, 3.8) is 0 Å². The summed E-state index contributed by atoms with van der Waals surface area (Å²) >= 11 is 3.29. The Balaban J connectivity index is 2.09. The van der Waals surface area contributed by atoms with Crippen LogP contribution in [0.5, 0.6) is 0 Å². The fourth-order valence-corrected chi connectivity index (χ4v) is 1.74. The molecule has 14 heavy (non-hydrogen) atoms. The van der Waals surface area contributed by atoms with Gasteiger partial charge in [-0.15, -0.1) is 5.10 Å². The maximum absolute atomic E-state index is 4.18. The third-order valence-corrected chi connectivity index (χ3v) is 2.56. The van der Waals surface area contributed by atoms with Crippen molar-refractivity contribution >= 4 is 21.7 Å². The van der Waals surface area contributed by atoms with Crippen LogP contribution in [0.2, 0.25) is 0 Å². The van der Waals surface area contributed by atoms with Gasteiger partial charge in [-0.05, 0) is 30.9 Å². The second kappa shape index (κ2) is 4.09. The minimum atomic E-state index is 0.688. The Morgan fingerprint density at radius 2 is 2.36 bits per heavy atom. The predicted octanol–water partition coefficient (Wildman–Crippen LogP) is 2.29. The lowest BCUT2D eigenvalue weighted by Gasteiger charge is -2.04. The van der Waals surface area contributed by atoms with Crippen LogP contribution in [-0.2, 0) is 12.8 Å². The number of nitrogens with one attached hydrogen (secondary N) is 1. The fraction of sp³-hybridized carbons (Fsp3) is 0.400. The third-order valence-electron chi connectivity index (χ3n) is 2.28. The normalized spacial score (nSPS) is 13.8. The SMILES string of the molecule is C=C(Br)CNc1cc2c(nn1)CCC2. The lowest BCUT2D eigenvalue weighted by Crippen LogP contribution is -2.05. The molecule has 0 saturated heterocycles. The molecule has 1 aromatic rings. The smallest absolute Gasteiger partial charge is 0.149 e. The Bertz CT molecular complexity index is 362. The summed E-state index contributed by atoms with van der Waals surface area (Å²) in [5.41, 5.74) is 2.50. The van der Waals surface area contributed by atoms with E-state index in [0.29, 0.717) is 6.54 Å². The molecule has 1 aliphatic carbocycles. The lowest BCUT2D eigenvalue weighted by molar-refractivity contribution is 0.879. The number of rotatable bonds is 3. The van der Waals surface area contributed by atoms with Gasteiger partial charge in [0.2, 0.25) is 0 Å². The molecule has 3 nitrogen and oxygen atoms in total. The maximum atomic E-state index is 4.18. The topological polar surface area (TPSA) is 37.8 Å². The second-order valence-electron chi connectivity index (χ2n) is 3.43. The van der Waals surface area contributed by atoms with Crippen LogP contribution in [0.1, 0.15) is 17.7 Å². The Hall–Kier alpha value is -0.900. The van der Waals surface area contributed by atoms with E-state index in [2.05, 4.69) is 44.1 Å². The first-order valence-electron chi connectivity index (χ1n) is 4.68. The fourth-order valence-electron chi connectivity index (χ4n) is 1.60. The van der Waals surface area contributed by atoms with Gasteiger partial charge in [0.15, 0.2) is 0 Å². The van der Waals surface area contributed by atoms with E-state index < -0.39 is 0 Å². The van der Waals surface area contributed by atoms with Crippen molar-refractivity contribution in [2.75, 3.05) is 11.9 Å². The Labute approximate surface area is 91.8 Å². The first-order chi connectivity index (χ1) is 6.75. The summed E-state index contributed by atoms with van der Waals surface area (Å²) in [5, 5.41) is 11.4. The van der Waals surface area contributed by atoms with E-state index in [0.717, 1.165) is 28.8 Å². The van der Waals surface area contributed by atoms with Gasteiger partial charge in [-0.25, -0.2) is 0 Å². The van der Waals surface area contributed by atoms with E-state index in [1.165, 1.54) is 12.0 Å². The summed E-state index contributed by atoms with van der Waals surface area (Å²) in [5.74, 6) is 0.839. The van der Waals surface area contributed by atoms with E-state index in [9.17, 15) is 0 Å². The van der Waals surface area contributed by atoms with Gasteiger partial charge in [0, 0.05) is 11.0 Å². The standard InChI is InChI=1S/C10H12BrN3/c1-7(11)6-12-10-5-8-3-2-4-9(8)13-14-10/h5H,1-4,6H2,(H,12,14). The zero-order chi connectivity index (χ0) is 9.97. The number of halogens is 1. The molecule has 4 heteroatoms. The van der Waals surface area contributed by atoms with Gasteiger partial charge in [0.25, 0.3) is 0 Å². The highest BCUT2D eigenvalue weighted by molar-refractivity contribution is 9.11. The molecule has 0 bridgehead atoms. The van der Waals surface area contributed by atoms with Crippen molar-refractivity contribution in [3.8, 4) is 0 Å². The van der Waals surface area contributed by atoms with Gasteiger partial charge in [-0.3, -0.25) is 0 Å². The molecule has 74 valence electrons. The molecule has 1 N–H and O–H groups in total. The van der Waals surface area contributed by atoms with Gasteiger partial charge in [-0.1, -0.05) is 22.5 Å². The molecule has 0 radical (unpaired) electrons. The zero-order valence-electron chi connectivity index (χ0n) is 7.89. The molecular weight excluding hydrogens is 242 g/mol. The molecule has 1 aromatic heterocycles. The molecule has 0 aliphatic heterocycles. The molecule has 0 spiro atoms. The van der Waals surface area contributed by atoms with Gasteiger partial charge in [0.1, 0.15) is 5.82 Å². The van der Waals surface area contributed by atoms with Gasteiger partial charge in [0.05, 0.1) is 5.69 Å². The van der Waals surface area contributed by atoms with Crippen molar-refractivity contribution in [1.29, 1.82) is 0 Å². The van der Waals surface area contributed by atoms with Crippen molar-refractivity contribution in [1.82, 2.24) is 10.2 Å². The van der Waals surface area contributed by atoms with E-state index in [-0.39, 0.29) is 0 Å². The minimum absolute atomic E-state index is 0.688. The van der Waals surface area contributed by atoms with Gasteiger partial charge < -0.3 is 5.32 Å². The molecule has 0 amide bonds. The molecule has 0 fully saturated rings. The monoisotopic (exact) mass is 253 g/mol. The number of anilines is 1. The number of aryl methyl sites for hydroxylation is 2. The minimum Gasteiger partial charge on any atom is -0.364 e. The largest absolute Gasteiger partial charge is 0.364 e. The highest BCUT2D eigenvalue weighted by Gasteiger charge is 2.13. The molecule has 1 heterocycles. The molecular formula is C10H12BrN3. The van der Waals surface area contributed by atoms with Crippen LogP contribution < -0.4 is 5.32 Å². The number of hydrogen-bond acceptors (Lipinski definition) is 3. The first kappa shape index (κ1) is 9.65. The van der Waals surface area contributed by atoms with Crippen LogP contribution in [0, 0.1) is 0 Å². The van der Waals surface area contributed by atoms with Gasteiger partial charge >= 0.3 is 0 Å². The van der Waals surface area contributed by atoms with Crippen LogP contribution in [0.3, 0.4) is 0 Å². The lowest BCUT2D eigenvalue weighted by atomic mass is 10.2. The van der Waals surface area contributed by atoms with Crippen LogP contribution in [0.25, 0.3) is 0 Å². The maximum Gasteiger partial charge on any atom is 0.149 e. The average molecular weight is 254 g/mol. The number of aromatic nitrogens is 2. The highest BCUT2D eigenvalue weighted by Crippen LogP contribution is 2.20. The average Bonchev–Trinajstić information content (AvgIpc) is 2.61. The summed E-state index contributed by atoms with van der Waals surface area (Å²) < 4.78 is 0.916. The van der Waals surface area contributed by atoms with Crippen molar-refractivity contribution in [3.05, 3.63) is 28.4 Å². The summed E-state index contributed by atoms with van der Waals surface area (Å²) in [6.45, 7) is 4.44. The molecule has 0 aromatic carbocycles. The third kappa shape index (κ3) is 2.12. The van der Waals surface area contributed by atoms with Crippen LogP contribution in [0.15, 0.2) is 17.1 Å². The van der Waals surface area contributed by atoms with Crippen molar-refractivity contribution in [2.24, 2.45) is 0 Å². The van der Waals surface area contributed by atoms with Crippen LogP contribution in [-0.4, -0.2) is 16.7 Å². The summed E-state index contributed by atoms with van der Waals surface area (Å²) in [6.07, 6.45) is 3.42. The van der Waals surface area contributed by atoms with Crippen LogP contribution in [0.4, 0.5) is 5.82 Å². The Kier molecular flexibility index (Phi) is 2.82. The molecule has 0 saturated carbocycles. The predicted molar refractivity (Wildman–Crippen MR) is 60.6 cm³/mol. The van der Waals surface area contributed by atoms with Crippen molar-refractivity contribution < 1.29 is 0 Å². The van der Waals surface area contributed by atoms with E-state index in [1.54, 1.807) is 0 Å². The van der Waals surface area contributed by atoms with Crippen molar-refractivity contribution in [2.45, 2.75) is 19.3 Å². The molecule has 2 rings (SSSR count). The second-order valence-corrected chi connectivity index (χ2v) is 4.55. The van der Waals surface area contributed by atoms with E-state index >= 15 is 0 Å². The van der Waals surface area contributed by atoms with E-state index in [4.69, 9.17) is 0 Å².